The topological polar surface area (TPSA) is 109 Å². The average molecular weight is 354 g/mol. The molecular weight excluding hydrogens is 327 g/mol. The fraction of sp³-hybridized carbons (Fsp3) is 1.00. The molecule has 0 aromatic rings. The van der Waals surface area contributed by atoms with Crippen LogP contribution in [-0.4, -0.2) is 36.4 Å². The van der Waals surface area contributed by atoms with Gasteiger partial charge in [-0.3, -0.25) is 9.11 Å². The summed E-state index contributed by atoms with van der Waals surface area (Å²) < 4.78 is 62.7. The molecule has 0 heterocycles. The van der Waals surface area contributed by atoms with Gasteiger partial charge in [-0.05, 0) is 25.7 Å². The van der Waals surface area contributed by atoms with Gasteiger partial charge >= 0.3 is 29.6 Å². The van der Waals surface area contributed by atoms with Crippen molar-refractivity contribution in [2.24, 2.45) is 0 Å². The van der Waals surface area contributed by atoms with Gasteiger partial charge in [-0.15, -0.1) is 0 Å². The summed E-state index contributed by atoms with van der Waals surface area (Å²) in [5, 5.41) is -1.70. The molecule has 0 radical (unpaired) electrons. The quantitative estimate of drug-likeness (QED) is 0.302. The molecule has 6 nitrogen and oxygen atoms in total. The smallest absolute Gasteiger partial charge is 1.00 e. The Morgan fingerprint density at radius 2 is 1.24 bits per heavy atom. The first-order chi connectivity index (χ1) is 9.12. The van der Waals surface area contributed by atoms with Crippen molar-refractivity contribution < 1.29 is 56.9 Å². The van der Waals surface area contributed by atoms with Crippen molar-refractivity contribution in [3.05, 3.63) is 0 Å². The molecule has 0 amide bonds. The number of rotatable bonds is 11. The summed E-state index contributed by atoms with van der Waals surface area (Å²) in [4.78, 5) is 0. The van der Waals surface area contributed by atoms with Gasteiger partial charge in [0.1, 0.15) is 0 Å². The van der Waals surface area contributed by atoms with Crippen molar-refractivity contribution >= 4 is 20.2 Å². The minimum atomic E-state index is -4.10. The second-order valence-electron chi connectivity index (χ2n) is 5.11. The number of hydrogen-bond donors (Lipinski definition) is 2. The standard InChI is InChI=1S/C12H26O6S2.Na.H/c1-3-5-6-8-12(20(16,17)18)10-7-9-11(4-2)19(13,14)15;;/h11-12H,3-10H2,1-2H3,(H,13,14,15)(H,16,17,18);;/q;+1;-1. The van der Waals surface area contributed by atoms with Gasteiger partial charge in [-0.25, -0.2) is 0 Å². The molecule has 0 aliphatic heterocycles. The van der Waals surface area contributed by atoms with Crippen molar-refractivity contribution in [3.63, 3.8) is 0 Å². The van der Waals surface area contributed by atoms with Crippen molar-refractivity contribution in [2.75, 3.05) is 0 Å². The van der Waals surface area contributed by atoms with E-state index in [4.69, 9.17) is 9.11 Å². The molecule has 0 spiro atoms. The van der Waals surface area contributed by atoms with Crippen LogP contribution in [0.3, 0.4) is 0 Å². The van der Waals surface area contributed by atoms with Gasteiger partial charge in [0.25, 0.3) is 20.2 Å². The zero-order valence-electron chi connectivity index (χ0n) is 14.2. The average Bonchev–Trinajstić information content (AvgIpc) is 2.29. The Bertz CT molecular complexity index is 466. The third-order valence-corrected chi connectivity index (χ3v) is 6.21. The molecule has 0 aromatic heterocycles. The third-order valence-electron chi connectivity index (χ3n) is 3.48. The molecule has 9 heteroatoms. The van der Waals surface area contributed by atoms with Gasteiger partial charge in [-0.1, -0.05) is 39.5 Å². The monoisotopic (exact) mass is 354 g/mol. The molecule has 2 atom stereocenters. The first kappa shape index (κ1) is 24.1. The molecule has 0 saturated heterocycles. The molecule has 0 rings (SSSR count). The Labute approximate surface area is 152 Å². The van der Waals surface area contributed by atoms with Crippen LogP contribution >= 0.6 is 0 Å². The van der Waals surface area contributed by atoms with E-state index in [0.29, 0.717) is 12.8 Å². The van der Waals surface area contributed by atoms with Crippen LogP contribution in [0.2, 0.25) is 0 Å². The fourth-order valence-electron chi connectivity index (χ4n) is 2.20. The molecule has 0 fully saturated rings. The van der Waals surface area contributed by atoms with Gasteiger partial charge in [0.2, 0.25) is 0 Å². The second-order valence-corrected chi connectivity index (χ2v) is 8.50. The molecule has 0 aliphatic carbocycles. The van der Waals surface area contributed by atoms with Crippen LogP contribution in [0, 0.1) is 0 Å². The van der Waals surface area contributed by atoms with Gasteiger partial charge in [0.15, 0.2) is 0 Å². The Morgan fingerprint density at radius 3 is 1.62 bits per heavy atom. The van der Waals surface area contributed by atoms with Crippen LogP contribution in [-0.2, 0) is 20.2 Å². The fourth-order valence-corrected chi connectivity index (χ4v) is 4.02. The SMILES string of the molecule is CCCCCC(CCCC(CC)S(=O)(=O)O)S(=O)(=O)O.[H-].[Na+]. The summed E-state index contributed by atoms with van der Waals surface area (Å²) in [6.07, 6.45) is 4.00. The number of unbranched alkanes of at least 4 members (excludes halogenated alkanes) is 2. The zero-order chi connectivity index (χ0) is 15.8. The van der Waals surface area contributed by atoms with Crippen LogP contribution in [0.25, 0.3) is 0 Å². The summed E-state index contributed by atoms with van der Waals surface area (Å²) in [6.45, 7) is 3.65. The van der Waals surface area contributed by atoms with Crippen LogP contribution < -0.4 is 29.6 Å². The largest absolute Gasteiger partial charge is 1.00 e. The van der Waals surface area contributed by atoms with Crippen molar-refractivity contribution in [2.45, 2.75) is 75.7 Å². The van der Waals surface area contributed by atoms with E-state index in [0.717, 1.165) is 19.3 Å². The molecule has 0 bridgehead atoms. The maximum atomic E-state index is 11.3. The summed E-state index contributed by atoms with van der Waals surface area (Å²) >= 11 is 0. The number of hydrogen-bond acceptors (Lipinski definition) is 4. The van der Waals surface area contributed by atoms with Crippen molar-refractivity contribution in [1.82, 2.24) is 0 Å². The van der Waals surface area contributed by atoms with E-state index in [2.05, 4.69) is 0 Å². The van der Waals surface area contributed by atoms with E-state index in [1.165, 1.54) is 0 Å². The van der Waals surface area contributed by atoms with Crippen LogP contribution in [0.4, 0.5) is 0 Å². The Kier molecular flexibility index (Phi) is 13.0. The van der Waals surface area contributed by atoms with Crippen LogP contribution in [0.5, 0.6) is 0 Å². The summed E-state index contributed by atoms with van der Waals surface area (Å²) in [6, 6.07) is 0. The van der Waals surface area contributed by atoms with E-state index < -0.39 is 30.7 Å². The molecule has 0 saturated carbocycles. The maximum absolute atomic E-state index is 11.3. The van der Waals surface area contributed by atoms with Crippen LogP contribution in [0.1, 0.15) is 66.6 Å². The molecule has 2 N–H and O–H groups in total. The van der Waals surface area contributed by atoms with E-state index in [1.807, 2.05) is 6.92 Å². The van der Waals surface area contributed by atoms with E-state index >= 15 is 0 Å². The molecule has 0 aliphatic rings. The third kappa shape index (κ3) is 11.1. The Balaban J connectivity index is -0.00000180. The minimum Gasteiger partial charge on any atom is -1.00 e. The molecule has 21 heavy (non-hydrogen) atoms. The van der Waals surface area contributed by atoms with Gasteiger partial charge in [0, 0.05) is 0 Å². The van der Waals surface area contributed by atoms with Gasteiger partial charge in [0.05, 0.1) is 10.5 Å². The summed E-state index contributed by atoms with van der Waals surface area (Å²) in [5.74, 6) is 0. The zero-order valence-corrected chi connectivity index (χ0v) is 16.8. The van der Waals surface area contributed by atoms with E-state index in [9.17, 15) is 16.8 Å². The molecule has 124 valence electrons. The minimum absolute atomic E-state index is 0. The van der Waals surface area contributed by atoms with Gasteiger partial charge in [-0.2, -0.15) is 16.8 Å². The predicted molar refractivity (Wildman–Crippen MR) is 80.1 cm³/mol. The predicted octanol–water partition coefficient (Wildman–Crippen LogP) is -0.224. The first-order valence-corrected chi connectivity index (χ1v) is 10.1. The molecular formula is C12H27NaO6S2. The maximum Gasteiger partial charge on any atom is 1.00 e. The first-order valence-electron chi connectivity index (χ1n) is 7.05. The Morgan fingerprint density at radius 1 is 0.810 bits per heavy atom. The molecule has 2 unspecified atom stereocenters. The van der Waals surface area contributed by atoms with Crippen molar-refractivity contribution in [3.8, 4) is 0 Å². The molecule has 0 aromatic carbocycles. The normalized spacial score (nSPS) is 15.2. The van der Waals surface area contributed by atoms with Crippen molar-refractivity contribution in [1.29, 1.82) is 0 Å². The summed E-state index contributed by atoms with van der Waals surface area (Å²) in [5.41, 5.74) is 0. The van der Waals surface area contributed by atoms with Gasteiger partial charge < -0.3 is 1.43 Å². The van der Waals surface area contributed by atoms with Crippen LogP contribution in [0.15, 0.2) is 0 Å². The summed E-state index contributed by atoms with van der Waals surface area (Å²) in [7, 11) is -8.18. The van der Waals surface area contributed by atoms with E-state index in [-0.39, 0.29) is 50.2 Å². The Hall–Kier alpha value is 0.820. The second kappa shape index (κ2) is 11.4. The van der Waals surface area contributed by atoms with E-state index in [1.54, 1.807) is 6.92 Å².